The Balaban J connectivity index is 1.97. The van der Waals surface area contributed by atoms with Crippen molar-refractivity contribution in [3.8, 4) is 0 Å². The highest BCUT2D eigenvalue weighted by molar-refractivity contribution is 14.1. The summed E-state index contributed by atoms with van der Waals surface area (Å²) in [6, 6.07) is 8.38. The van der Waals surface area contributed by atoms with Crippen molar-refractivity contribution in [3.63, 3.8) is 0 Å². The minimum absolute atomic E-state index is 0.147. The summed E-state index contributed by atoms with van der Waals surface area (Å²) in [6.45, 7) is 0. The van der Waals surface area contributed by atoms with Crippen LogP contribution in [0.25, 0.3) is 6.08 Å². The second-order valence-corrected chi connectivity index (χ2v) is 6.01. The number of hydrogen-bond donors (Lipinski definition) is 0. The van der Waals surface area contributed by atoms with Crippen molar-refractivity contribution in [2.75, 3.05) is 0 Å². The number of carbonyl (C=O) groups excluding carboxylic acids is 1. The lowest BCUT2D eigenvalue weighted by Gasteiger charge is -2.02. The number of esters is 1. The molecule has 3 rings (SSSR count). The van der Waals surface area contributed by atoms with Gasteiger partial charge in [0.25, 0.3) is 0 Å². The Bertz CT molecular complexity index is 795. The van der Waals surface area contributed by atoms with E-state index in [0.29, 0.717) is 21.4 Å². The lowest BCUT2D eigenvalue weighted by atomic mass is 10.2. The summed E-state index contributed by atoms with van der Waals surface area (Å²) in [5.74, 6) is 0.121. The van der Waals surface area contributed by atoms with Gasteiger partial charge in [0, 0.05) is 11.1 Å². The number of cyclic esters (lactones) is 1. The molecule has 2 aromatic rings. The highest BCUT2D eigenvalue weighted by Crippen LogP contribution is 2.26. The number of nitrogens with zero attached hydrogens (tertiary/aromatic N) is 1. The number of benzene rings is 1. The van der Waals surface area contributed by atoms with Crippen molar-refractivity contribution in [2.24, 2.45) is 4.99 Å². The molecule has 106 valence electrons. The molecular weight excluding hydrogens is 428 g/mol. The summed E-state index contributed by atoms with van der Waals surface area (Å²) in [7, 11) is 0. The Hall–Kier alpha value is -1.31. The topological polar surface area (TPSA) is 51.8 Å². The Kier molecular flexibility index (Phi) is 4.05. The predicted molar refractivity (Wildman–Crippen MR) is 88.5 cm³/mol. The van der Waals surface area contributed by atoms with E-state index in [0.717, 1.165) is 3.77 Å². The van der Waals surface area contributed by atoms with Crippen molar-refractivity contribution >= 4 is 63.7 Å². The van der Waals surface area contributed by atoms with E-state index in [4.69, 9.17) is 32.4 Å². The molecule has 1 aliphatic rings. The first-order valence-electron chi connectivity index (χ1n) is 5.76. The molecule has 1 aromatic heterocycles. The third kappa shape index (κ3) is 3.14. The first-order valence-corrected chi connectivity index (χ1v) is 7.60. The van der Waals surface area contributed by atoms with Crippen LogP contribution in [-0.2, 0) is 9.53 Å². The van der Waals surface area contributed by atoms with Crippen LogP contribution in [0.15, 0.2) is 45.4 Å². The van der Waals surface area contributed by atoms with Gasteiger partial charge in [-0.15, -0.1) is 0 Å². The van der Waals surface area contributed by atoms with Gasteiger partial charge in [0.1, 0.15) is 5.76 Å². The second kappa shape index (κ2) is 5.82. The number of hydrogen-bond acceptors (Lipinski definition) is 4. The molecule has 0 bridgehead atoms. The van der Waals surface area contributed by atoms with Crippen LogP contribution in [0.1, 0.15) is 11.3 Å². The molecule has 0 unspecified atom stereocenters. The van der Waals surface area contributed by atoms with Gasteiger partial charge < -0.3 is 9.15 Å². The Morgan fingerprint density at radius 1 is 1.19 bits per heavy atom. The van der Waals surface area contributed by atoms with E-state index < -0.39 is 5.97 Å². The molecule has 0 saturated heterocycles. The molecule has 2 heterocycles. The smallest absolute Gasteiger partial charge is 0.363 e. The van der Waals surface area contributed by atoms with Gasteiger partial charge in [0.2, 0.25) is 5.90 Å². The maximum Gasteiger partial charge on any atom is 0.363 e. The molecule has 0 saturated carbocycles. The zero-order chi connectivity index (χ0) is 15.0. The van der Waals surface area contributed by atoms with Crippen LogP contribution in [-0.4, -0.2) is 11.9 Å². The number of furan rings is 1. The Labute approximate surface area is 143 Å². The summed E-state index contributed by atoms with van der Waals surface area (Å²) in [5.41, 5.74) is 0.661. The van der Waals surface area contributed by atoms with Gasteiger partial charge in [0.15, 0.2) is 9.46 Å². The van der Waals surface area contributed by atoms with Crippen LogP contribution >= 0.6 is 45.8 Å². The normalized spacial score (nSPS) is 16.2. The van der Waals surface area contributed by atoms with Crippen LogP contribution in [0, 0.1) is 3.77 Å². The fourth-order valence-electron chi connectivity index (χ4n) is 1.73. The van der Waals surface area contributed by atoms with Gasteiger partial charge in [-0.2, -0.15) is 0 Å². The number of carbonyl (C=O) groups is 1. The Morgan fingerprint density at radius 2 is 2.00 bits per heavy atom. The van der Waals surface area contributed by atoms with Crippen LogP contribution in [0.5, 0.6) is 0 Å². The fourth-order valence-corrected chi connectivity index (χ4v) is 2.65. The molecule has 0 amide bonds. The van der Waals surface area contributed by atoms with E-state index >= 15 is 0 Å². The maximum absolute atomic E-state index is 11.8. The van der Waals surface area contributed by atoms with Crippen molar-refractivity contribution in [2.45, 2.75) is 0 Å². The van der Waals surface area contributed by atoms with E-state index in [1.807, 2.05) is 22.6 Å². The van der Waals surface area contributed by atoms with Crippen molar-refractivity contribution in [1.82, 2.24) is 0 Å². The van der Waals surface area contributed by atoms with Crippen LogP contribution in [0.3, 0.4) is 0 Å². The number of rotatable bonds is 2. The first kappa shape index (κ1) is 14.6. The lowest BCUT2D eigenvalue weighted by molar-refractivity contribution is -0.129. The molecule has 7 heteroatoms. The lowest BCUT2D eigenvalue weighted by Crippen LogP contribution is -2.05. The van der Waals surface area contributed by atoms with Crippen molar-refractivity contribution in [1.29, 1.82) is 0 Å². The van der Waals surface area contributed by atoms with Gasteiger partial charge in [0.05, 0.1) is 10.6 Å². The minimum atomic E-state index is -0.553. The van der Waals surface area contributed by atoms with Gasteiger partial charge >= 0.3 is 5.97 Å². The summed E-state index contributed by atoms with van der Waals surface area (Å²) in [6.07, 6.45) is 1.52. The van der Waals surface area contributed by atoms with Gasteiger partial charge in [-0.25, -0.2) is 9.79 Å². The summed E-state index contributed by atoms with van der Waals surface area (Å²) >= 11 is 13.9. The predicted octanol–water partition coefficient (Wildman–Crippen LogP) is 4.54. The summed E-state index contributed by atoms with van der Waals surface area (Å²) < 4.78 is 11.2. The maximum atomic E-state index is 11.8. The zero-order valence-corrected chi connectivity index (χ0v) is 13.9. The molecule has 0 radical (unpaired) electrons. The quantitative estimate of drug-likeness (QED) is 0.397. The minimum Gasteiger partial charge on any atom is -0.451 e. The molecule has 0 spiro atoms. The van der Waals surface area contributed by atoms with Gasteiger partial charge in [-0.3, -0.25) is 0 Å². The van der Waals surface area contributed by atoms with Gasteiger partial charge in [-0.1, -0.05) is 23.2 Å². The van der Waals surface area contributed by atoms with E-state index in [1.54, 1.807) is 30.3 Å². The van der Waals surface area contributed by atoms with Crippen LogP contribution in [0.4, 0.5) is 0 Å². The molecule has 1 aliphatic heterocycles. The third-order valence-electron chi connectivity index (χ3n) is 2.66. The van der Waals surface area contributed by atoms with E-state index in [-0.39, 0.29) is 11.6 Å². The highest BCUT2D eigenvalue weighted by Gasteiger charge is 2.26. The standard InChI is InChI=1S/C14H6Cl2INO3/c15-7-1-3-9(10(16)5-7)13-18-11(14(19)21-13)6-8-2-4-12(17)20-8/h1-6H/b11-6-. The summed E-state index contributed by atoms with van der Waals surface area (Å²) in [4.78, 5) is 16.0. The second-order valence-electron chi connectivity index (χ2n) is 4.10. The molecule has 21 heavy (non-hydrogen) atoms. The average molecular weight is 434 g/mol. The van der Waals surface area contributed by atoms with Crippen molar-refractivity contribution in [3.05, 3.63) is 61.2 Å². The molecular formula is C14H6Cl2INO3. The van der Waals surface area contributed by atoms with Crippen molar-refractivity contribution < 1.29 is 13.9 Å². The third-order valence-corrected chi connectivity index (χ3v) is 3.78. The van der Waals surface area contributed by atoms with E-state index in [1.165, 1.54) is 6.08 Å². The van der Waals surface area contributed by atoms with Gasteiger partial charge in [-0.05, 0) is 52.9 Å². The highest BCUT2D eigenvalue weighted by atomic mass is 127. The number of halogens is 3. The SMILES string of the molecule is O=C1OC(c2ccc(Cl)cc2Cl)=N/C1=C\c1ccc(I)o1. The molecule has 0 fully saturated rings. The molecule has 0 aliphatic carbocycles. The first-order chi connectivity index (χ1) is 10.0. The molecule has 1 aromatic carbocycles. The largest absolute Gasteiger partial charge is 0.451 e. The zero-order valence-electron chi connectivity index (χ0n) is 10.3. The van der Waals surface area contributed by atoms with Crippen LogP contribution < -0.4 is 0 Å². The monoisotopic (exact) mass is 433 g/mol. The molecule has 0 atom stereocenters. The van der Waals surface area contributed by atoms with Crippen LogP contribution in [0.2, 0.25) is 10.0 Å². The fraction of sp³-hybridized carbons (Fsp3) is 0. The van der Waals surface area contributed by atoms with E-state index in [2.05, 4.69) is 4.99 Å². The number of ether oxygens (including phenoxy) is 1. The molecule has 4 nitrogen and oxygen atoms in total. The van der Waals surface area contributed by atoms with E-state index in [9.17, 15) is 4.79 Å². The Morgan fingerprint density at radius 3 is 2.67 bits per heavy atom. The molecule has 0 N–H and O–H groups in total. The number of aliphatic imine (C=N–C) groups is 1. The average Bonchev–Trinajstić information content (AvgIpc) is 2.97. The summed E-state index contributed by atoms with van der Waals surface area (Å²) in [5, 5.41) is 0.859.